The summed E-state index contributed by atoms with van der Waals surface area (Å²) in [6, 6.07) is 30.9. The van der Waals surface area contributed by atoms with Crippen LogP contribution < -0.4 is 9.62 Å². The van der Waals surface area contributed by atoms with Crippen molar-refractivity contribution in [2.45, 2.75) is 55.6 Å². The number of nitrogens with zero attached hydrogens (tertiary/aromatic N) is 2. The molecule has 1 saturated carbocycles. The molecule has 0 radical (unpaired) electrons. The van der Waals surface area contributed by atoms with E-state index in [0.29, 0.717) is 10.7 Å². The third-order valence-electron chi connectivity index (χ3n) is 7.96. The fourth-order valence-corrected chi connectivity index (χ4v) is 7.48. The Kier molecular flexibility index (Phi) is 11.2. The molecule has 234 valence electrons. The van der Waals surface area contributed by atoms with Gasteiger partial charge in [0.2, 0.25) is 11.8 Å². The van der Waals surface area contributed by atoms with Gasteiger partial charge in [-0.3, -0.25) is 13.9 Å². The third kappa shape index (κ3) is 8.65. The summed E-state index contributed by atoms with van der Waals surface area (Å²) in [5.74, 6) is -0.745. The van der Waals surface area contributed by atoms with Crippen molar-refractivity contribution in [2.24, 2.45) is 0 Å². The normalized spacial score (nSPS) is 14.1. The van der Waals surface area contributed by atoms with Gasteiger partial charge in [0, 0.05) is 27.6 Å². The van der Waals surface area contributed by atoms with E-state index in [1.165, 1.54) is 17.0 Å². The number of carbonyl (C=O) groups excluding carboxylic acids is 2. The van der Waals surface area contributed by atoms with Crippen molar-refractivity contribution in [3.63, 3.8) is 0 Å². The molecular weight excluding hydrogens is 721 g/mol. The molecule has 1 N–H and O–H groups in total. The lowest BCUT2D eigenvalue weighted by atomic mass is 10.0. The maximum Gasteiger partial charge on any atom is 0.264 e. The molecular formula is C35H35ClIN3O4S. The second-order valence-corrected chi connectivity index (χ2v) is 14.7. The van der Waals surface area contributed by atoms with Crippen molar-refractivity contribution in [1.82, 2.24) is 10.2 Å². The molecule has 5 rings (SSSR count). The maximum absolute atomic E-state index is 14.5. The average molecular weight is 756 g/mol. The largest absolute Gasteiger partial charge is 0.352 e. The molecule has 0 saturated heterocycles. The topological polar surface area (TPSA) is 86.8 Å². The van der Waals surface area contributed by atoms with Crippen molar-refractivity contribution >= 4 is 61.7 Å². The molecule has 0 unspecified atom stereocenters. The van der Waals surface area contributed by atoms with E-state index in [4.69, 9.17) is 11.6 Å². The van der Waals surface area contributed by atoms with E-state index in [-0.39, 0.29) is 29.8 Å². The number of sulfonamides is 1. The number of halogens is 2. The van der Waals surface area contributed by atoms with E-state index in [1.807, 2.05) is 42.5 Å². The van der Waals surface area contributed by atoms with E-state index in [1.54, 1.807) is 54.6 Å². The minimum absolute atomic E-state index is 0.0463. The van der Waals surface area contributed by atoms with Crippen LogP contribution in [-0.2, 0) is 32.6 Å². The fourth-order valence-electron chi connectivity index (χ4n) is 5.56. The number of hydrogen-bond acceptors (Lipinski definition) is 4. The van der Waals surface area contributed by atoms with Gasteiger partial charge < -0.3 is 10.2 Å². The highest BCUT2D eigenvalue weighted by molar-refractivity contribution is 14.1. The SMILES string of the molecule is O=C(NC1CCCC1)[C@@H](Cc1ccccc1)N(Cc1ccc(Cl)cc1)C(=O)CN(c1ccc(I)cc1)S(=O)(=O)c1ccccc1. The zero-order valence-corrected chi connectivity index (χ0v) is 28.4. The minimum Gasteiger partial charge on any atom is -0.352 e. The molecule has 0 aliphatic heterocycles. The highest BCUT2D eigenvalue weighted by Crippen LogP contribution is 2.26. The van der Waals surface area contributed by atoms with Crippen molar-refractivity contribution in [3.05, 3.63) is 129 Å². The van der Waals surface area contributed by atoms with E-state index in [9.17, 15) is 18.0 Å². The maximum atomic E-state index is 14.5. The lowest BCUT2D eigenvalue weighted by molar-refractivity contribution is -0.140. The van der Waals surface area contributed by atoms with E-state index < -0.39 is 28.5 Å². The smallest absolute Gasteiger partial charge is 0.264 e. The lowest BCUT2D eigenvalue weighted by Crippen LogP contribution is -2.54. The molecule has 10 heteroatoms. The Labute approximate surface area is 283 Å². The number of amides is 2. The predicted molar refractivity (Wildman–Crippen MR) is 186 cm³/mol. The van der Waals surface area contributed by atoms with Crippen molar-refractivity contribution < 1.29 is 18.0 Å². The number of anilines is 1. The average Bonchev–Trinajstić information content (AvgIpc) is 3.57. The van der Waals surface area contributed by atoms with Gasteiger partial charge in [-0.2, -0.15) is 0 Å². The van der Waals surface area contributed by atoms with Gasteiger partial charge in [-0.25, -0.2) is 8.42 Å². The minimum atomic E-state index is -4.13. The van der Waals surface area contributed by atoms with Crippen molar-refractivity contribution in [2.75, 3.05) is 10.8 Å². The van der Waals surface area contributed by atoms with Crippen LogP contribution in [0.2, 0.25) is 5.02 Å². The molecule has 1 atom stereocenters. The summed E-state index contributed by atoms with van der Waals surface area (Å²) in [6.45, 7) is -0.398. The fraction of sp³-hybridized carbons (Fsp3) is 0.257. The monoisotopic (exact) mass is 755 g/mol. The van der Waals surface area contributed by atoms with Crippen LogP contribution in [0.5, 0.6) is 0 Å². The van der Waals surface area contributed by atoms with Gasteiger partial charge in [-0.05, 0) is 95.1 Å². The molecule has 4 aromatic carbocycles. The molecule has 1 fully saturated rings. The lowest BCUT2D eigenvalue weighted by Gasteiger charge is -2.34. The van der Waals surface area contributed by atoms with Gasteiger partial charge in [0.25, 0.3) is 10.0 Å². The molecule has 0 aromatic heterocycles. The van der Waals surface area contributed by atoms with Crippen molar-refractivity contribution in [3.8, 4) is 0 Å². The Morgan fingerprint density at radius 2 is 1.42 bits per heavy atom. The first kappa shape index (κ1) is 33.0. The quantitative estimate of drug-likeness (QED) is 0.161. The molecule has 0 heterocycles. The number of hydrogen-bond donors (Lipinski definition) is 1. The summed E-state index contributed by atoms with van der Waals surface area (Å²) < 4.78 is 30.2. The summed E-state index contributed by atoms with van der Waals surface area (Å²) in [6.07, 6.45) is 4.15. The number of benzene rings is 4. The predicted octanol–water partition coefficient (Wildman–Crippen LogP) is 6.84. The summed E-state index contributed by atoms with van der Waals surface area (Å²) in [4.78, 5) is 30.2. The van der Waals surface area contributed by atoms with Crippen LogP contribution in [0.15, 0.2) is 114 Å². The summed E-state index contributed by atoms with van der Waals surface area (Å²) >= 11 is 8.32. The van der Waals surface area contributed by atoms with Gasteiger partial charge in [-0.1, -0.05) is 85.1 Å². The van der Waals surface area contributed by atoms with Gasteiger partial charge in [-0.15, -0.1) is 0 Å². The highest BCUT2D eigenvalue weighted by atomic mass is 127. The van der Waals surface area contributed by atoms with Crippen LogP contribution >= 0.6 is 34.2 Å². The summed E-state index contributed by atoms with van der Waals surface area (Å²) in [7, 11) is -4.13. The Morgan fingerprint density at radius 3 is 2.04 bits per heavy atom. The highest BCUT2D eigenvalue weighted by Gasteiger charge is 2.35. The van der Waals surface area contributed by atoms with Crippen LogP contribution in [-0.4, -0.2) is 43.8 Å². The standard InChI is InChI=1S/C35H35ClIN3O4S/c36-28-17-15-27(16-18-28)24-39(33(23-26-9-3-1-4-10-26)35(42)38-30-11-7-8-12-30)34(41)25-40(31-21-19-29(37)20-22-31)45(43,44)32-13-5-2-6-14-32/h1-6,9-10,13-22,30,33H,7-8,11-12,23-25H2,(H,38,42)/t33-/m1/s1. The van der Waals surface area contributed by atoms with Crippen LogP contribution in [0.1, 0.15) is 36.8 Å². The first-order valence-corrected chi connectivity index (χ1v) is 17.8. The zero-order chi connectivity index (χ0) is 31.8. The molecule has 7 nitrogen and oxygen atoms in total. The van der Waals surface area contributed by atoms with Gasteiger partial charge in [0.1, 0.15) is 12.6 Å². The molecule has 45 heavy (non-hydrogen) atoms. The number of rotatable bonds is 12. The molecule has 0 spiro atoms. The van der Waals surface area contributed by atoms with Gasteiger partial charge in [0.15, 0.2) is 0 Å². The van der Waals surface area contributed by atoms with E-state index in [2.05, 4.69) is 27.9 Å². The Bertz CT molecular complexity index is 1680. The number of nitrogens with one attached hydrogen (secondary N) is 1. The second kappa shape index (κ2) is 15.2. The third-order valence-corrected chi connectivity index (χ3v) is 10.7. The van der Waals surface area contributed by atoms with Crippen LogP contribution in [0.3, 0.4) is 0 Å². The van der Waals surface area contributed by atoms with Crippen LogP contribution in [0.4, 0.5) is 5.69 Å². The van der Waals surface area contributed by atoms with E-state index >= 15 is 0 Å². The molecule has 1 aliphatic rings. The van der Waals surface area contributed by atoms with Gasteiger partial charge >= 0.3 is 0 Å². The Hall–Kier alpha value is -3.41. The molecule has 2 amide bonds. The first-order chi connectivity index (χ1) is 21.7. The molecule has 4 aromatic rings. The van der Waals surface area contributed by atoms with Crippen LogP contribution in [0, 0.1) is 3.57 Å². The van der Waals surface area contributed by atoms with Crippen LogP contribution in [0.25, 0.3) is 0 Å². The summed E-state index contributed by atoms with van der Waals surface area (Å²) in [5, 5.41) is 3.74. The first-order valence-electron chi connectivity index (χ1n) is 14.9. The van der Waals surface area contributed by atoms with Crippen molar-refractivity contribution in [1.29, 1.82) is 0 Å². The number of carbonyl (C=O) groups is 2. The molecule has 0 bridgehead atoms. The zero-order valence-electron chi connectivity index (χ0n) is 24.7. The summed E-state index contributed by atoms with van der Waals surface area (Å²) in [5.41, 5.74) is 2.02. The second-order valence-electron chi connectivity index (χ2n) is 11.1. The Balaban J connectivity index is 1.55. The molecule has 1 aliphatic carbocycles. The van der Waals surface area contributed by atoms with Gasteiger partial charge in [0.05, 0.1) is 10.6 Å². The van der Waals surface area contributed by atoms with E-state index in [0.717, 1.165) is 44.7 Å². The Morgan fingerprint density at radius 1 is 0.822 bits per heavy atom.